The van der Waals surface area contributed by atoms with E-state index < -0.39 is 0 Å². The number of hydrogen-bond acceptors (Lipinski definition) is 4. The van der Waals surface area contributed by atoms with Crippen LogP contribution in [0.15, 0.2) is 29.1 Å². The quantitative estimate of drug-likeness (QED) is 0.730. The molecule has 1 aliphatic heterocycles. The maximum absolute atomic E-state index is 12.0. The fourth-order valence-electron chi connectivity index (χ4n) is 2.12. The van der Waals surface area contributed by atoms with Crippen molar-refractivity contribution >= 4 is 0 Å². The average molecular weight is 255 g/mol. The van der Waals surface area contributed by atoms with Crippen molar-refractivity contribution in [2.75, 3.05) is 0 Å². The Kier molecular flexibility index (Phi) is 2.63. The lowest BCUT2D eigenvalue weighted by Gasteiger charge is -2.02. The van der Waals surface area contributed by atoms with Gasteiger partial charge in [0, 0.05) is 11.3 Å². The molecule has 2 N–H and O–H groups in total. The summed E-state index contributed by atoms with van der Waals surface area (Å²) in [6.07, 6.45) is 0. The van der Waals surface area contributed by atoms with Gasteiger partial charge >= 0.3 is 0 Å². The first-order valence-corrected chi connectivity index (χ1v) is 6.07. The molecule has 0 saturated carbocycles. The summed E-state index contributed by atoms with van der Waals surface area (Å²) >= 11 is 0. The Morgan fingerprint density at radius 2 is 2.11 bits per heavy atom. The molecule has 0 radical (unpaired) electrons. The molecule has 1 aliphatic carbocycles. The molecule has 0 unspecified atom stereocenters. The van der Waals surface area contributed by atoms with E-state index >= 15 is 0 Å². The molecule has 2 heterocycles. The number of rotatable bonds is 2. The van der Waals surface area contributed by atoms with Crippen LogP contribution in [0.25, 0.3) is 22.6 Å². The van der Waals surface area contributed by atoms with Crippen molar-refractivity contribution in [2.45, 2.75) is 19.8 Å². The highest BCUT2D eigenvalue weighted by molar-refractivity contribution is 5.80. The fourth-order valence-corrected chi connectivity index (χ4v) is 2.12. The number of aromatic amines is 2. The van der Waals surface area contributed by atoms with E-state index in [2.05, 4.69) is 39.5 Å². The second-order valence-corrected chi connectivity index (χ2v) is 4.73. The first kappa shape index (κ1) is 11.6. The molecule has 6 heteroatoms. The minimum absolute atomic E-state index is 0.186. The second kappa shape index (κ2) is 4.31. The van der Waals surface area contributed by atoms with Crippen LogP contribution in [0.5, 0.6) is 0 Å². The van der Waals surface area contributed by atoms with Gasteiger partial charge in [0.15, 0.2) is 5.82 Å². The summed E-state index contributed by atoms with van der Waals surface area (Å²) in [4.78, 5) is 14.9. The number of tetrazole rings is 1. The molecular weight excluding hydrogens is 242 g/mol. The normalized spacial score (nSPS) is 11.3. The van der Waals surface area contributed by atoms with Crippen LogP contribution in [0, 0.1) is 0 Å². The van der Waals surface area contributed by atoms with Gasteiger partial charge in [-0.25, -0.2) is 5.10 Å². The summed E-state index contributed by atoms with van der Waals surface area (Å²) in [5, 5.41) is 13.5. The third-order valence-electron chi connectivity index (χ3n) is 3.15. The maximum Gasteiger partial charge on any atom is 0.260 e. The van der Waals surface area contributed by atoms with Gasteiger partial charge in [-0.1, -0.05) is 26.0 Å². The zero-order chi connectivity index (χ0) is 13.4. The largest absolute Gasteiger partial charge is 0.321 e. The molecule has 0 aromatic carbocycles. The van der Waals surface area contributed by atoms with E-state index in [1.807, 2.05) is 24.3 Å². The molecule has 0 spiro atoms. The molecular formula is C13H13N5O. The second-order valence-electron chi connectivity index (χ2n) is 4.73. The fraction of sp³-hybridized carbons (Fsp3) is 0.231. The Bertz CT molecular complexity index is 729. The zero-order valence-corrected chi connectivity index (χ0v) is 10.6. The first-order valence-electron chi connectivity index (χ1n) is 6.07. The van der Waals surface area contributed by atoms with Crippen molar-refractivity contribution < 1.29 is 0 Å². The van der Waals surface area contributed by atoms with Crippen molar-refractivity contribution in [2.24, 2.45) is 0 Å². The minimum Gasteiger partial charge on any atom is -0.321 e. The molecule has 1 aromatic rings. The standard InChI is InChI=1S/C13H13N5O/c1-7(2)8-4-3-5-10-9(6-8)11(13(19)14-10)12-15-17-18-16-12/h3-7H,1-2H3,(H,14,19)(H,15,16,17,18). The van der Waals surface area contributed by atoms with E-state index in [0.29, 0.717) is 17.3 Å². The van der Waals surface area contributed by atoms with Gasteiger partial charge in [0.1, 0.15) is 0 Å². The topological polar surface area (TPSA) is 87.3 Å². The summed E-state index contributed by atoms with van der Waals surface area (Å²) in [5.41, 5.74) is 3.07. The van der Waals surface area contributed by atoms with Crippen LogP contribution in [0.3, 0.4) is 0 Å². The predicted molar refractivity (Wildman–Crippen MR) is 70.9 cm³/mol. The van der Waals surface area contributed by atoms with Gasteiger partial charge in [-0.2, -0.15) is 0 Å². The summed E-state index contributed by atoms with van der Waals surface area (Å²) in [6.45, 7) is 4.23. The van der Waals surface area contributed by atoms with Crippen molar-refractivity contribution in [1.29, 1.82) is 0 Å². The van der Waals surface area contributed by atoms with Gasteiger partial charge in [0.05, 0.1) is 5.56 Å². The van der Waals surface area contributed by atoms with Crippen LogP contribution in [0.1, 0.15) is 25.3 Å². The third kappa shape index (κ3) is 1.91. The number of nitrogens with zero attached hydrogens (tertiary/aromatic N) is 3. The molecule has 0 fully saturated rings. The SMILES string of the molecule is CC(C)c1cccc2[nH]c(=O)c(-c3nnn[nH]3)c-2c1. The summed E-state index contributed by atoms with van der Waals surface area (Å²) < 4.78 is 0. The average Bonchev–Trinajstić information content (AvgIpc) is 2.91. The molecule has 6 nitrogen and oxygen atoms in total. The molecule has 2 aliphatic rings. The molecule has 96 valence electrons. The van der Waals surface area contributed by atoms with Crippen molar-refractivity contribution in [1.82, 2.24) is 25.6 Å². The van der Waals surface area contributed by atoms with Crippen molar-refractivity contribution in [3.63, 3.8) is 0 Å². The van der Waals surface area contributed by atoms with Crippen molar-refractivity contribution in [3.8, 4) is 22.6 Å². The van der Waals surface area contributed by atoms with E-state index in [0.717, 1.165) is 16.8 Å². The van der Waals surface area contributed by atoms with Gasteiger partial charge in [0.25, 0.3) is 5.56 Å². The van der Waals surface area contributed by atoms with Crippen LogP contribution in [0.2, 0.25) is 0 Å². The van der Waals surface area contributed by atoms with E-state index in [-0.39, 0.29) is 5.56 Å². The number of aromatic nitrogens is 5. The molecule has 1 aromatic heterocycles. The minimum atomic E-state index is -0.186. The van der Waals surface area contributed by atoms with Crippen LogP contribution < -0.4 is 5.56 Å². The zero-order valence-electron chi connectivity index (χ0n) is 10.6. The number of fused-ring (bicyclic) bond motifs is 1. The molecule has 0 bridgehead atoms. The Morgan fingerprint density at radius 1 is 1.26 bits per heavy atom. The highest BCUT2D eigenvalue weighted by atomic mass is 16.1. The van der Waals surface area contributed by atoms with E-state index in [1.165, 1.54) is 0 Å². The summed E-state index contributed by atoms with van der Waals surface area (Å²) in [7, 11) is 0. The van der Waals surface area contributed by atoms with E-state index in [9.17, 15) is 4.79 Å². The highest BCUT2D eigenvalue weighted by Crippen LogP contribution is 2.29. The van der Waals surface area contributed by atoms with E-state index in [1.54, 1.807) is 0 Å². The summed E-state index contributed by atoms with van der Waals surface area (Å²) in [6, 6.07) is 7.88. The molecule has 0 saturated heterocycles. The van der Waals surface area contributed by atoms with Crippen LogP contribution >= 0.6 is 0 Å². The molecule has 0 amide bonds. The van der Waals surface area contributed by atoms with Gasteiger partial charge < -0.3 is 4.98 Å². The van der Waals surface area contributed by atoms with Gasteiger partial charge in [0.2, 0.25) is 0 Å². The first-order chi connectivity index (χ1) is 9.16. The Labute approximate surface area is 109 Å². The Morgan fingerprint density at radius 3 is 2.79 bits per heavy atom. The lowest BCUT2D eigenvalue weighted by Crippen LogP contribution is -2.01. The third-order valence-corrected chi connectivity index (χ3v) is 3.15. The van der Waals surface area contributed by atoms with Crippen LogP contribution in [0.4, 0.5) is 0 Å². The predicted octanol–water partition coefficient (Wildman–Crippen LogP) is 1.78. The van der Waals surface area contributed by atoms with Gasteiger partial charge in [-0.15, -0.1) is 5.10 Å². The Hall–Kier alpha value is -2.50. The van der Waals surface area contributed by atoms with E-state index in [4.69, 9.17) is 0 Å². The number of nitrogens with one attached hydrogen (secondary N) is 2. The smallest absolute Gasteiger partial charge is 0.260 e. The van der Waals surface area contributed by atoms with Crippen LogP contribution in [-0.4, -0.2) is 25.6 Å². The monoisotopic (exact) mass is 255 g/mol. The lowest BCUT2D eigenvalue weighted by molar-refractivity contribution is 0.869. The highest BCUT2D eigenvalue weighted by Gasteiger charge is 2.19. The molecule has 0 atom stereocenters. The Balaban J connectivity index is 2.32. The maximum atomic E-state index is 12.0. The number of hydrogen-bond donors (Lipinski definition) is 2. The summed E-state index contributed by atoms with van der Waals surface area (Å²) in [5.74, 6) is 0.762. The molecule has 19 heavy (non-hydrogen) atoms. The number of H-pyrrole nitrogens is 2. The van der Waals surface area contributed by atoms with Gasteiger partial charge in [-0.05, 0) is 34.0 Å². The molecule has 3 rings (SSSR count). The van der Waals surface area contributed by atoms with Crippen LogP contribution in [-0.2, 0) is 0 Å². The van der Waals surface area contributed by atoms with Gasteiger partial charge in [-0.3, -0.25) is 4.79 Å². The lowest BCUT2D eigenvalue weighted by atomic mass is 10.0. The van der Waals surface area contributed by atoms with Crippen molar-refractivity contribution in [3.05, 3.63) is 40.2 Å².